The third kappa shape index (κ3) is 1.61. The molecule has 2 atom stereocenters. The molecule has 4 heteroatoms. The highest BCUT2D eigenvalue weighted by molar-refractivity contribution is 4.91. The minimum atomic E-state index is -0.780. The fourth-order valence-electron chi connectivity index (χ4n) is 1.48. The van der Waals surface area contributed by atoms with E-state index in [2.05, 4.69) is 0 Å². The van der Waals surface area contributed by atoms with Crippen molar-refractivity contribution < 1.29 is 19.7 Å². The van der Waals surface area contributed by atoms with Crippen molar-refractivity contribution in [1.29, 1.82) is 0 Å². The normalized spacial score (nSPS) is 40.2. The van der Waals surface area contributed by atoms with Crippen molar-refractivity contribution in [3.8, 4) is 0 Å². The molecule has 0 aliphatic carbocycles. The number of aliphatic hydroxyl groups is 2. The molecule has 0 aromatic heterocycles. The first-order valence-electron chi connectivity index (χ1n) is 4.03. The van der Waals surface area contributed by atoms with Crippen molar-refractivity contribution in [2.75, 3.05) is 13.2 Å². The van der Waals surface area contributed by atoms with Gasteiger partial charge in [0.15, 0.2) is 5.79 Å². The molecular formula is C8H16O4. The maximum atomic E-state index is 9.04. The van der Waals surface area contributed by atoms with Crippen LogP contribution in [-0.2, 0) is 9.47 Å². The van der Waals surface area contributed by atoms with Gasteiger partial charge in [0.05, 0.1) is 13.2 Å². The molecule has 1 aliphatic heterocycles. The summed E-state index contributed by atoms with van der Waals surface area (Å²) in [6, 6.07) is 0. The third-order valence-electron chi connectivity index (χ3n) is 2.07. The smallest absolute Gasteiger partial charge is 0.164 e. The lowest BCUT2D eigenvalue weighted by atomic mass is 10.0. The molecule has 1 heterocycles. The summed E-state index contributed by atoms with van der Waals surface area (Å²) in [6.45, 7) is 4.96. The first kappa shape index (κ1) is 9.92. The monoisotopic (exact) mass is 176 g/mol. The molecule has 12 heavy (non-hydrogen) atoms. The summed E-state index contributed by atoms with van der Waals surface area (Å²) in [5.74, 6) is -0.717. The average molecular weight is 176 g/mol. The number of ether oxygens (including phenoxy) is 2. The van der Waals surface area contributed by atoms with Crippen LogP contribution < -0.4 is 0 Å². The van der Waals surface area contributed by atoms with E-state index >= 15 is 0 Å². The summed E-state index contributed by atoms with van der Waals surface area (Å²) in [4.78, 5) is 0. The van der Waals surface area contributed by atoms with Crippen molar-refractivity contribution in [2.24, 2.45) is 0 Å². The van der Waals surface area contributed by atoms with Crippen molar-refractivity contribution >= 4 is 0 Å². The van der Waals surface area contributed by atoms with Crippen LogP contribution in [0.1, 0.15) is 20.8 Å². The van der Waals surface area contributed by atoms with Gasteiger partial charge in [0, 0.05) is 0 Å². The second-order valence-electron chi connectivity index (χ2n) is 3.76. The molecular weight excluding hydrogens is 160 g/mol. The van der Waals surface area contributed by atoms with E-state index in [4.69, 9.17) is 19.7 Å². The van der Waals surface area contributed by atoms with Crippen molar-refractivity contribution in [2.45, 2.75) is 38.3 Å². The number of rotatable bonds is 2. The van der Waals surface area contributed by atoms with Gasteiger partial charge in [-0.2, -0.15) is 0 Å². The summed E-state index contributed by atoms with van der Waals surface area (Å²) in [7, 11) is 0. The molecule has 0 aromatic rings. The Hall–Kier alpha value is -0.160. The molecule has 0 amide bonds. The molecule has 2 unspecified atom stereocenters. The van der Waals surface area contributed by atoms with Gasteiger partial charge in [-0.1, -0.05) is 0 Å². The fraction of sp³-hybridized carbons (Fsp3) is 1.00. The third-order valence-corrected chi connectivity index (χ3v) is 2.07. The first-order valence-corrected chi connectivity index (χ1v) is 4.03. The quantitative estimate of drug-likeness (QED) is 0.616. The summed E-state index contributed by atoms with van der Waals surface area (Å²) >= 11 is 0. The van der Waals surface area contributed by atoms with Gasteiger partial charge in [-0.3, -0.25) is 0 Å². The largest absolute Gasteiger partial charge is 0.394 e. The van der Waals surface area contributed by atoms with Crippen LogP contribution in [0.5, 0.6) is 0 Å². The summed E-state index contributed by atoms with van der Waals surface area (Å²) in [6.07, 6.45) is -0.447. The van der Waals surface area contributed by atoms with Crippen LogP contribution in [0, 0.1) is 0 Å². The summed E-state index contributed by atoms with van der Waals surface area (Å²) in [5.41, 5.74) is -0.780. The van der Waals surface area contributed by atoms with Crippen molar-refractivity contribution in [3.63, 3.8) is 0 Å². The molecule has 4 nitrogen and oxygen atoms in total. The molecule has 1 rings (SSSR count). The van der Waals surface area contributed by atoms with Crippen LogP contribution in [0.2, 0.25) is 0 Å². The van der Waals surface area contributed by atoms with Crippen LogP contribution in [0.15, 0.2) is 0 Å². The van der Waals surface area contributed by atoms with E-state index in [1.807, 2.05) is 0 Å². The van der Waals surface area contributed by atoms with Gasteiger partial charge in [0.2, 0.25) is 0 Å². The molecule has 0 radical (unpaired) electrons. The van der Waals surface area contributed by atoms with Crippen LogP contribution >= 0.6 is 0 Å². The predicted molar refractivity (Wildman–Crippen MR) is 42.6 cm³/mol. The minimum absolute atomic E-state index is 0.138. The standard InChI is InChI=1S/C8H16O4/c1-7(2)11-6(4-9)8(3,5-10)12-7/h6,9-10H,4-5H2,1-3H3. The highest BCUT2D eigenvalue weighted by Gasteiger charge is 2.49. The zero-order valence-electron chi connectivity index (χ0n) is 7.70. The lowest BCUT2D eigenvalue weighted by Crippen LogP contribution is -2.42. The SMILES string of the molecule is CC1(C)OC(CO)C(C)(CO)O1. The van der Waals surface area contributed by atoms with E-state index in [0.717, 1.165) is 0 Å². The zero-order valence-corrected chi connectivity index (χ0v) is 7.70. The van der Waals surface area contributed by atoms with E-state index in [0.29, 0.717) is 0 Å². The van der Waals surface area contributed by atoms with E-state index in [1.165, 1.54) is 0 Å². The van der Waals surface area contributed by atoms with Crippen LogP contribution in [0.25, 0.3) is 0 Å². The Bertz CT molecular complexity index is 168. The molecule has 0 spiro atoms. The van der Waals surface area contributed by atoms with Gasteiger partial charge in [-0.05, 0) is 20.8 Å². The molecule has 2 N–H and O–H groups in total. The molecule has 0 aromatic carbocycles. The topological polar surface area (TPSA) is 58.9 Å². The van der Waals surface area contributed by atoms with Gasteiger partial charge in [-0.25, -0.2) is 0 Å². The Labute approximate surface area is 72.1 Å². The number of hydrogen-bond donors (Lipinski definition) is 2. The van der Waals surface area contributed by atoms with E-state index in [-0.39, 0.29) is 13.2 Å². The van der Waals surface area contributed by atoms with E-state index in [9.17, 15) is 0 Å². The predicted octanol–water partition coefficient (Wildman–Crippen LogP) is -0.119. The molecule has 1 aliphatic rings. The van der Waals surface area contributed by atoms with E-state index in [1.54, 1.807) is 20.8 Å². The minimum Gasteiger partial charge on any atom is -0.394 e. The Morgan fingerprint density at radius 3 is 2.17 bits per heavy atom. The molecule has 72 valence electrons. The molecule has 0 bridgehead atoms. The van der Waals surface area contributed by atoms with Gasteiger partial charge >= 0.3 is 0 Å². The first-order chi connectivity index (χ1) is 5.43. The van der Waals surface area contributed by atoms with Crippen molar-refractivity contribution in [1.82, 2.24) is 0 Å². The Morgan fingerprint density at radius 1 is 1.25 bits per heavy atom. The van der Waals surface area contributed by atoms with Gasteiger partial charge in [-0.15, -0.1) is 0 Å². The summed E-state index contributed by atoms with van der Waals surface area (Å²) < 4.78 is 10.8. The fourth-order valence-corrected chi connectivity index (χ4v) is 1.48. The Kier molecular flexibility index (Phi) is 2.45. The van der Waals surface area contributed by atoms with E-state index < -0.39 is 17.5 Å². The maximum Gasteiger partial charge on any atom is 0.164 e. The van der Waals surface area contributed by atoms with Crippen molar-refractivity contribution in [3.05, 3.63) is 0 Å². The number of aliphatic hydroxyl groups excluding tert-OH is 2. The molecule has 0 saturated carbocycles. The lowest BCUT2D eigenvalue weighted by Gasteiger charge is -2.25. The molecule has 1 saturated heterocycles. The highest BCUT2D eigenvalue weighted by Crippen LogP contribution is 2.35. The lowest BCUT2D eigenvalue weighted by molar-refractivity contribution is -0.167. The molecule has 1 fully saturated rings. The van der Waals surface area contributed by atoms with Gasteiger partial charge in [0.1, 0.15) is 11.7 Å². The zero-order chi connectivity index (χ0) is 9.41. The average Bonchev–Trinajstić information content (AvgIpc) is 2.22. The highest BCUT2D eigenvalue weighted by atomic mass is 16.8. The van der Waals surface area contributed by atoms with Gasteiger partial charge in [0.25, 0.3) is 0 Å². The van der Waals surface area contributed by atoms with Crippen LogP contribution in [-0.4, -0.2) is 40.9 Å². The van der Waals surface area contributed by atoms with Crippen LogP contribution in [0.4, 0.5) is 0 Å². The maximum absolute atomic E-state index is 9.04. The van der Waals surface area contributed by atoms with Crippen LogP contribution in [0.3, 0.4) is 0 Å². The summed E-state index contributed by atoms with van der Waals surface area (Å²) in [5, 5.41) is 18.0. The number of hydrogen-bond acceptors (Lipinski definition) is 4. The van der Waals surface area contributed by atoms with Gasteiger partial charge < -0.3 is 19.7 Å². The Balaban J connectivity index is 2.76. The second-order valence-corrected chi connectivity index (χ2v) is 3.76. The Morgan fingerprint density at radius 2 is 1.83 bits per heavy atom. The second kappa shape index (κ2) is 2.96.